The van der Waals surface area contributed by atoms with Crippen LogP contribution < -0.4 is 15.6 Å². The second-order valence-corrected chi connectivity index (χ2v) is 10.9. The highest BCUT2D eigenvalue weighted by molar-refractivity contribution is 7.92. The molecule has 9 heteroatoms. The molecule has 8 nitrogen and oxygen atoms in total. The van der Waals surface area contributed by atoms with Gasteiger partial charge in [0.25, 0.3) is 11.5 Å². The van der Waals surface area contributed by atoms with Gasteiger partial charge in [0.2, 0.25) is 10.0 Å². The Bertz CT molecular complexity index is 1560. The van der Waals surface area contributed by atoms with Gasteiger partial charge in [-0.05, 0) is 53.4 Å². The molecule has 3 N–H and O–H groups in total. The molecular formula is C25H25N3O5S. The lowest BCUT2D eigenvalue weighted by molar-refractivity contribution is 0.102. The van der Waals surface area contributed by atoms with Gasteiger partial charge in [0.15, 0.2) is 0 Å². The lowest BCUT2D eigenvalue weighted by Gasteiger charge is -2.20. The smallest absolute Gasteiger partial charge is 0.259 e. The van der Waals surface area contributed by atoms with E-state index < -0.39 is 15.9 Å². The molecule has 0 radical (unpaired) electrons. The number of H-pyrrole nitrogens is 1. The van der Waals surface area contributed by atoms with Crippen molar-refractivity contribution >= 4 is 38.3 Å². The number of anilines is 2. The van der Waals surface area contributed by atoms with Crippen molar-refractivity contribution in [2.75, 3.05) is 16.3 Å². The zero-order valence-electron chi connectivity index (χ0n) is 19.2. The quantitative estimate of drug-likeness (QED) is 0.383. The first kappa shape index (κ1) is 23.3. The van der Waals surface area contributed by atoms with Gasteiger partial charge in [-0.25, -0.2) is 8.42 Å². The molecule has 2 heterocycles. The van der Waals surface area contributed by atoms with Gasteiger partial charge in [-0.2, -0.15) is 0 Å². The molecule has 2 aromatic carbocycles. The van der Waals surface area contributed by atoms with E-state index in [0.29, 0.717) is 39.0 Å². The maximum Gasteiger partial charge on any atom is 0.259 e. The summed E-state index contributed by atoms with van der Waals surface area (Å²) >= 11 is 0. The average molecular weight is 480 g/mol. The molecule has 0 fully saturated rings. The number of rotatable bonds is 5. The van der Waals surface area contributed by atoms with Gasteiger partial charge in [-0.3, -0.25) is 14.3 Å². The van der Waals surface area contributed by atoms with Crippen LogP contribution in [0.2, 0.25) is 0 Å². The van der Waals surface area contributed by atoms with Gasteiger partial charge in [0, 0.05) is 28.4 Å². The van der Waals surface area contributed by atoms with Gasteiger partial charge in [0.05, 0.1) is 17.5 Å². The molecule has 4 aromatic rings. The monoisotopic (exact) mass is 479 g/mol. The minimum Gasteiger partial charge on any atom is -0.463 e. The maximum atomic E-state index is 13.2. The molecule has 0 aliphatic carbocycles. The number of aromatic nitrogens is 1. The van der Waals surface area contributed by atoms with Crippen molar-refractivity contribution in [3.63, 3.8) is 0 Å². The van der Waals surface area contributed by atoms with E-state index in [4.69, 9.17) is 4.42 Å². The highest BCUT2D eigenvalue weighted by Gasteiger charge is 2.24. The minimum atomic E-state index is -3.45. The molecule has 0 bridgehead atoms. The Morgan fingerprint density at radius 3 is 2.44 bits per heavy atom. The van der Waals surface area contributed by atoms with Gasteiger partial charge in [-0.15, -0.1) is 0 Å². The highest BCUT2D eigenvalue weighted by Crippen LogP contribution is 2.36. The lowest BCUT2D eigenvalue weighted by Crippen LogP contribution is -2.14. The van der Waals surface area contributed by atoms with Crippen molar-refractivity contribution in [3.8, 4) is 11.1 Å². The number of carbonyl (C=O) groups is 1. The molecule has 0 saturated carbocycles. The number of pyridine rings is 1. The molecule has 2 aromatic heterocycles. The van der Waals surface area contributed by atoms with E-state index in [1.54, 1.807) is 42.6 Å². The molecule has 176 valence electrons. The van der Waals surface area contributed by atoms with Crippen LogP contribution in [0.1, 0.15) is 36.7 Å². The van der Waals surface area contributed by atoms with E-state index in [0.717, 1.165) is 11.8 Å². The Kier molecular flexibility index (Phi) is 5.82. The summed E-state index contributed by atoms with van der Waals surface area (Å²) < 4.78 is 31.3. The van der Waals surface area contributed by atoms with E-state index in [1.165, 1.54) is 12.3 Å². The van der Waals surface area contributed by atoms with Crippen LogP contribution in [0.5, 0.6) is 0 Å². The Labute approximate surface area is 197 Å². The van der Waals surface area contributed by atoms with Crippen LogP contribution in [-0.4, -0.2) is 25.6 Å². The topological polar surface area (TPSA) is 121 Å². The Morgan fingerprint density at radius 2 is 1.76 bits per heavy atom. The summed E-state index contributed by atoms with van der Waals surface area (Å²) in [4.78, 5) is 28.3. The fourth-order valence-corrected chi connectivity index (χ4v) is 4.30. The van der Waals surface area contributed by atoms with Crippen LogP contribution in [0.3, 0.4) is 0 Å². The van der Waals surface area contributed by atoms with Crippen LogP contribution in [0.25, 0.3) is 22.1 Å². The fourth-order valence-electron chi connectivity index (χ4n) is 3.75. The van der Waals surface area contributed by atoms with E-state index >= 15 is 0 Å². The number of aromatic amines is 1. The average Bonchev–Trinajstić information content (AvgIpc) is 3.15. The molecule has 1 amide bonds. The summed E-state index contributed by atoms with van der Waals surface area (Å²) in [6.45, 7) is 6.09. The summed E-state index contributed by atoms with van der Waals surface area (Å²) in [5, 5.41) is 3.37. The number of furan rings is 1. The third kappa shape index (κ3) is 4.89. The molecule has 0 atom stereocenters. The third-order valence-corrected chi connectivity index (χ3v) is 5.89. The number of fused-ring (bicyclic) bond motifs is 1. The number of nitrogens with one attached hydrogen (secondary N) is 3. The van der Waals surface area contributed by atoms with Crippen molar-refractivity contribution in [2.24, 2.45) is 0 Å². The predicted octanol–water partition coefficient (Wildman–Crippen LogP) is 4.71. The Morgan fingerprint density at radius 1 is 1.03 bits per heavy atom. The lowest BCUT2D eigenvalue weighted by atomic mass is 9.84. The summed E-state index contributed by atoms with van der Waals surface area (Å²) in [6.07, 6.45) is 4.02. The van der Waals surface area contributed by atoms with E-state index in [9.17, 15) is 18.0 Å². The number of hydrogen-bond acceptors (Lipinski definition) is 5. The largest absolute Gasteiger partial charge is 0.463 e. The number of hydrogen-bond donors (Lipinski definition) is 3. The first-order chi connectivity index (χ1) is 15.9. The first-order valence-corrected chi connectivity index (χ1v) is 12.4. The van der Waals surface area contributed by atoms with Gasteiger partial charge in [-0.1, -0.05) is 26.8 Å². The van der Waals surface area contributed by atoms with Crippen molar-refractivity contribution in [2.45, 2.75) is 26.2 Å². The number of amides is 1. The zero-order valence-corrected chi connectivity index (χ0v) is 20.0. The highest BCUT2D eigenvalue weighted by atomic mass is 32.2. The van der Waals surface area contributed by atoms with Crippen LogP contribution >= 0.6 is 0 Å². The second kappa shape index (κ2) is 8.49. The van der Waals surface area contributed by atoms with Gasteiger partial charge in [0.1, 0.15) is 11.8 Å². The summed E-state index contributed by atoms with van der Waals surface area (Å²) in [5.41, 5.74) is 3.10. The van der Waals surface area contributed by atoms with E-state index in [-0.39, 0.29) is 11.0 Å². The molecule has 0 spiro atoms. The third-order valence-electron chi connectivity index (χ3n) is 5.28. The molecule has 0 unspecified atom stereocenters. The predicted molar refractivity (Wildman–Crippen MR) is 134 cm³/mol. The maximum absolute atomic E-state index is 13.2. The molecule has 34 heavy (non-hydrogen) atoms. The van der Waals surface area contributed by atoms with Gasteiger partial charge >= 0.3 is 0 Å². The zero-order chi connectivity index (χ0) is 24.7. The first-order valence-electron chi connectivity index (χ1n) is 10.6. The molecule has 0 saturated heterocycles. The van der Waals surface area contributed by atoms with Crippen LogP contribution in [0.4, 0.5) is 11.4 Å². The number of sulfonamides is 1. The minimum absolute atomic E-state index is 0.230. The normalized spacial score (nSPS) is 12.0. The van der Waals surface area contributed by atoms with Crippen LogP contribution in [-0.2, 0) is 15.4 Å². The Hall–Kier alpha value is -3.85. The summed E-state index contributed by atoms with van der Waals surface area (Å²) in [7, 11) is -3.45. The standard InChI is InChI=1S/C25H25N3O5S/c1-25(2,3)21-12-15(18-9-6-10-26-23(18)29)11-19-20(14-33-22(19)21)24(30)27-16-7-5-8-17(13-16)28-34(4,31)32/h5-14,28H,1-4H3,(H,26,29)(H,27,30). The fraction of sp³-hybridized carbons (Fsp3) is 0.200. The number of benzene rings is 2. The summed E-state index contributed by atoms with van der Waals surface area (Å²) in [5.74, 6) is -0.422. The van der Waals surface area contributed by atoms with Crippen molar-refractivity contribution < 1.29 is 17.6 Å². The second-order valence-electron chi connectivity index (χ2n) is 9.12. The SMILES string of the molecule is CC(C)(C)c1cc(-c2ccc[nH]c2=O)cc2c(C(=O)Nc3cccc(NS(C)(=O)=O)c3)coc12. The van der Waals surface area contributed by atoms with E-state index in [1.807, 2.05) is 26.8 Å². The van der Waals surface area contributed by atoms with Gasteiger partial charge < -0.3 is 14.7 Å². The van der Waals surface area contributed by atoms with Crippen molar-refractivity contribution in [1.82, 2.24) is 4.98 Å². The van der Waals surface area contributed by atoms with Crippen LogP contribution in [0, 0.1) is 0 Å². The molecule has 4 rings (SSSR count). The van der Waals surface area contributed by atoms with E-state index in [2.05, 4.69) is 15.0 Å². The molecular weight excluding hydrogens is 454 g/mol. The van der Waals surface area contributed by atoms with Crippen molar-refractivity contribution in [1.29, 1.82) is 0 Å². The van der Waals surface area contributed by atoms with Crippen LogP contribution in [0.15, 0.2) is 70.2 Å². The number of carbonyl (C=O) groups excluding carboxylic acids is 1. The van der Waals surface area contributed by atoms with Crippen molar-refractivity contribution in [3.05, 3.63) is 82.5 Å². The molecule has 0 aliphatic heterocycles. The summed E-state index contributed by atoms with van der Waals surface area (Å²) in [6, 6.07) is 13.6. The molecule has 0 aliphatic rings. The Balaban J connectivity index is 1.79.